The lowest BCUT2D eigenvalue weighted by atomic mass is 9.96. The molecular formula is C25H23ClN4S. The van der Waals surface area contributed by atoms with Crippen molar-refractivity contribution in [2.45, 2.75) is 25.3 Å². The Morgan fingerprint density at radius 1 is 1.16 bits per heavy atom. The monoisotopic (exact) mass is 446 g/mol. The number of fused-ring (bicyclic) bond motifs is 1. The predicted molar refractivity (Wildman–Crippen MR) is 129 cm³/mol. The molecule has 1 N–H and O–H groups in total. The van der Waals surface area contributed by atoms with Gasteiger partial charge in [-0.3, -0.25) is 0 Å². The number of hydrogen-bond acceptors (Lipinski definition) is 5. The molecule has 2 aliphatic rings. The second kappa shape index (κ2) is 8.47. The summed E-state index contributed by atoms with van der Waals surface area (Å²) in [6, 6.07) is 17.1. The standard InChI is InChI=1S/C25H23ClN4S/c1-30(25-29-24(23(15-27)31-25)18-4-7-20(26)8-5-18)22-9-6-17-2-3-19(14-21(17)22)16-10-12-28-13-11-16/h2-5,7-8,10,14,22,28H,6,9,11-13H2,1H3. The Bertz CT molecular complexity index is 1190. The van der Waals surface area contributed by atoms with Crippen molar-refractivity contribution in [3.05, 3.63) is 75.1 Å². The van der Waals surface area contributed by atoms with Crippen LogP contribution in [0.4, 0.5) is 5.13 Å². The molecule has 0 saturated carbocycles. The largest absolute Gasteiger partial charge is 0.344 e. The number of nitriles is 1. The van der Waals surface area contributed by atoms with Gasteiger partial charge < -0.3 is 10.2 Å². The van der Waals surface area contributed by atoms with Crippen molar-refractivity contribution in [3.63, 3.8) is 0 Å². The highest BCUT2D eigenvalue weighted by Crippen LogP contribution is 2.42. The zero-order valence-corrected chi connectivity index (χ0v) is 18.9. The van der Waals surface area contributed by atoms with E-state index in [2.05, 4.69) is 47.6 Å². The normalized spacial score (nSPS) is 17.7. The van der Waals surface area contributed by atoms with Gasteiger partial charge in [0.15, 0.2) is 5.13 Å². The highest BCUT2D eigenvalue weighted by molar-refractivity contribution is 7.16. The van der Waals surface area contributed by atoms with Gasteiger partial charge in [0.05, 0.1) is 6.04 Å². The highest BCUT2D eigenvalue weighted by Gasteiger charge is 2.29. The molecule has 0 saturated heterocycles. The highest BCUT2D eigenvalue weighted by atomic mass is 35.5. The number of hydrogen-bond donors (Lipinski definition) is 1. The van der Waals surface area contributed by atoms with E-state index in [4.69, 9.17) is 16.6 Å². The first kappa shape index (κ1) is 20.3. The minimum atomic E-state index is 0.271. The van der Waals surface area contributed by atoms with Crippen molar-refractivity contribution in [2.75, 3.05) is 25.0 Å². The topological polar surface area (TPSA) is 52.0 Å². The molecule has 0 bridgehead atoms. The third kappa shape index (κ3) is 3.87. The van der Waals surface area contributed by atoms with Crippen LogP contribution in [-0.2, 0) is 6.42 Å². The zero-order chi connectivity index (χ0) is 21.4. The molecule has 0 radical (unpaired) electrons. The molecule has 4 nitrogen and oxygen atoms in total. The van der Waals surface area contributed by atoms with Gasteiger partial charge in [-0.05, 0) is 66.3 Å². The van der Waals surface area contributed by atoms with E-state index in [-0.39, 0.29) is 6.04 Å². The Morgan fingerprint density at radius 3 is 2.71 bits per heavy atom. The van der Waals surface area contributed by atoms with Crippen LogP contribution < -0.4 is 10.2 Å². The second-order valence-electron chi connectivity index (χ2n) is 8.06. The number of rotatable bonds is 4. The van der Waals surface area contributed by atoms with Gasteiger partial charge in [0, 0.05) is 24.2 Å². The van der Waals surface area contributed by atoms with E-state index in [0.29, 0.717) is 9.90 Å². The first-order valence-corrected chi connectivity index (χ1v) is 11.8. The molecule has 1 unspecified atom stereocenters. The summed E-state index contributed by atoms with van der Waals surface area (Å²) in [6.07, 6.45) is 5.51. The summed E-state index contributed by atoms with van der Waals surface area (Å²) in [6.45, 7) is 1.98. The molecule has 0 fully saturated rings. The number of thiazole rings is 1. The molecule has 2 aromatic carbocycles. The molecule has 31 heavy (non-hydrogen) atoms. The average Bonchev–Trinajstić information content (AvgIpc) is 3.44. The van der Waals surface area contributed by atoms with Crippen LogP contribution in [0.15, 0.2) is 48.5 Å². The molecule has 1 aromatic heterocycles. The van der Waals surface area contributed by atoms with Gasteiger partial charge in [-0.15, -0.1) is 0 Å². The molecule has 1 aliphatic carbocycles. The van der Waals surface area contributed by atoms with Crippen molar-refractivity contribution in [3.8, 4) is 17.3 Å². The fourth-order valence-corrected chi connectivity index (χ4v) is 5.56. The van der Waals surface area contributed by atoms with Crippen LogP contribution in [0.3, 0.4) is 0 Å². The zero-order valence-electron chi connectivity index (χ0n) is 17.4. The number of nitrogens with zero attached hydrogens (tertiary/aromatic N) is 3. The van der Waals surface area contributed by atoms with E-state index in [1.807, 2.05) is 24.3 Å². The van der Waals surface area contributed by atoms with E-state index in [1.165, 1.54) is 33.6 Å². The second-order valence-corrected chi connectivity index (χ2v) is 9.47. The van der Waals surface area contributed by atoms with Gasteiger partial charge in [-0.2, -0.15) is 5.26 Å². The van der Waals surface area contributed by atoms with Gasteiger partial charge in [0.25, 0.3) is 0 Å². The van der Waals surface area contributed by atoms with Gasteiger partial charge >= 0.3 is 0 Å². The van der Waals surface area contributed by atoms with E-state index >= 15 is 0 Å². The van der Waals surface area contributed by atoms with Crippen LogP contribution in [0.1, 0.15) is 40.5 Å². The van der Waals surface area contributed by atoms with Crippen LogP contribution in [0.5, 0.6) is 0 Å². The maximum atomic E-state index is 9.70. The van der Waals surface area contributed by atoms with Crippen LogP contribution in [0.25, 0.3) is 16.8 Å². The third-order valence-corrected chi connectivity index (χ3v) is 7.53. The van der Waals surface area contributed by atoms with Gasteiger partial charge in [-0.25, -0.2) is 4.98 Å². The quantitative estimate of drug-likeness (QED) is 0.547. The summed E-state index contributed by atoms with van der Waals surface area (Å²) in [5.74, 6) is 0. The van der Waals surface area contributed by atoms with Gasteiger partial charge in [-0.1, -0.05) is 53.3 Å². The van der Waals surface area contributed by atoms with Crippen molar-refractivity contribution in [1.29, 1.82) is 5.26 Å². The maximum Gasteiger partial charge on any atom is 0.187 e. The van der Waals surface area contributed by atoms with E-state index < -0.39 is 0 Å². The Morgan fingerprint density at radius 2 is 1.97 bits per heavy atom. The molecule has 5 rings (SSSR count). The van der Waals surface area contributed by atoms with Crippen LogP contribution >= 0.6 is 22.9 Å². The van der Waals surface area contributed by atoms with Crippen LogP contribution in [-0.4, -0.2) is 25.1 Å². The SMILES string of the molecule is CN(c1nc(-c2ccc(Cl)cc2)c(C#N)s1)C1CCc2ccc(C3=CCNCC3)cc21. The number of nitrogens with one attached hydrogen (secondary N) is 1. The number of aromatic nitrogens is 1. The molecule has 0 spiro atoms. The molecular weight excluding hydrogens is 424 g/mol. The maximum absolute atomic E-state index is 9.70. The first-order chi connectivity index (χ1) is 15.1. The van der Waals surface area contributed by atoms with Gasteiger partial charge in [0.2, 0.25) is 0 Å². The molecule has 3 aromatic rings. The summed E-state index contributed by atoms with van der Waals surface area (Å²) < 4.78 is 0. The minimum absolute atomic E-state index is 0.271. The number of aryl methyl sites for hydroxylation is 1. The first-order valence-electron chi connectivity index (χ1n) is 10.6. The Kier molecular flexibility index (Phi) is 5.54. The third-order valence-electron chi connectivity index (χ3n) is 6.23. The summed E-state index contributed by atoms with van der Waals surface area (Å²) in [7, 11) is 2.10. The van der Waals surface area contributed by atoms with Crippen LogP contribution in [0, 0.1) is 11.3 Å². The molecule has 0 amide bonds. The lowest BCUT2D eigenvalue weighted by Gasteiger charge is -2.25. The van der Waals surface area contributed by atoms with E-state index in [9.17, 15) is 5.26 Å². The van der Waals surface area contributed by atoms with Crippen molar-refractivity contribution in [2.24, 2.45) is 0 Å². The van der Waals surface area contributed by atoms with Crippen molar-refractivity contribution >= 4 is 33.6 Å². The summed E-state index contributed by atoms with van der Waals surface area (Å²) in [5.41, 5.74) is 7.23. The predicted octanol–water partition coefficient (Wildman–Crippen LogP) is 5.84. The summed E-state index contributed by atoms with van der Waals surface area (Å²) in [5, 5.41) is 14.6. The van der Waals surface area contributed by atoms with Gasteiger partial charge in [0.1, 0.15) is 16.6 Å². The average molecular weight is 447 g/mol. The van der Waals surface area contributed by atoms with Crippen molar-refractivity contribution in [1.82, 2.24) is 10.3 Å². The van der Waals surface area contributed by atoms with Crippen LogP contribution in [0.2, 0.25) is 5.02 Å². The lowest BCUT2D eigenvalue weighted by molar-refractivity contribution is 0.660. The molecule has 1 atom stereocenters. The number of benzene rings is 2. The Hall–Kier alpha value is -2.65. The lowest BCUT2D eigenvalue weighted by Crippen LogP contribution is -2.22. The molecule has 2 heterocycles. The molecule has 6 heteroatoms. The number of anilines is 1. The molecule has 156 valence electrons. The summed E-state index contributed by atoms with van der Waals surface area (Å²) in [4.78, 5) is 7.75. The summed E-state index contributed by atoms with van der Waals surface area (Å²) >= 11 is 7.49. The fraction of sp³-hybridized carbons (Fsp3) is 0.280. The minimum Gasteiger partial charge on any atom is -0.344 e. The van der Waals surface area contributed by atoms with E-state index in [0.717, 1.165) is 48.7 Å². The van der Waals surface area contributed by atoms with Crippen molar-refractivity contribution < 1.29 is 0 Å². The molecule has 1 aliphatic heterocycles. The van der Waals surface area contributed by atoms with E-state index in [1.54, 1.807) is 0 Å². The fourth-order valence-electron chi connectivity index (χ4n) is 4.54. The number of halogens is 1. The Balaban J connectivity index is 1.47. The smallest absolute Gasteiger partial charge is 0.187 e. The Labute approximate surface area is 191 Å².